The second-order valence-electron chi connectivity index (χ2n) is 5.52. The van der Waals surface area contributed by atoms with E-state index in [0.717, 1.165) is 5.76 Å². The van der Waals surface area contributed by atoms with E-state index in [0.29, 0.717) is 17.2 Å². The summed E-state index contributed by atoms with van der Waals surface area (Å²) >= 11 is 0. The van der Waals surface area contributed by atoms with Gasteiger partial charge in [-0.15, -0.1) is 0 Å². The average Bonchev–Trinajstić information content (AvgIpc) is 3.33. The molecule has 2 aromatic heterocycles. The van der Waals surface area contributed by atoms with Gasteiger partial charge in [0.05, 0.1) is 32.9 Å². The van der Waals surface area contributed by atoms with Gasteiger partial charge in [0.15, 0.2) is 0 Å². The van der Waals surface area contributed by atoms with Gasteiger partial charge in [0.25, 0.3) is 0 Å². The molecule has 130 valence electrons. The van der Waals surface area contributed by atoms with Crippen LogP contribution in [-0.2, 0) is 4.79 Å². The second kappa shape index (κ2) is 7.61. The zero-order valence-electron chi connectivity index (χ0n) is 14.1. The van der Waals surface area contributed by atoms with Crippen LogP contribution in [0.25, 0.3) is 0 Å². The number of carbonyl (C=O) groups is 1. The summed E-state index contributed by atoms with van der Waals surface area (Å²) < 4.78 is 17.9. The molecular formula is C19H20N2O4. The zero-order valence-corrected chi connectivity index (χ0v) is 14.1. The quantitative estimate of drug-likeness (QED) is 0.712. The van der Waals surface area contributed by atoms with Crippen LogP contribution in [0.15, 0.2) is 65.5 Å². The van der Waals surface area contributed by atoms with Crippen LogP contribution in [-0.4, -0.2) is 24.7 Å². The van der Waals surface area contributed by atoms with Crippen LogP contribution in [0, 0.1) is 0 Å². The van der Waals surface area contributed by atoms with E-state index < -0.39 is 0 Å². The molecule has 0 aliphatic carbocycles. The molecule has 6 heteroatoms. The van der Waals surface area contributed by atoms with Crippen molar-refractivity contribution in [2.45, 2.75) is 12.5 Å². The minimum absolute atomic E-state index is 0.134. The van der Waals surface area contributed by atoms with Crippen molar-refractivity contribution in [3.05, 3.63) is 66.9 Å². The number of amides is 1. The summed E-state index contributed by atoms with van der Waals surface area (Å²) in [4.78, 5) is 12.6. The van der Waals surface area contributed by atoms with E-state index in [9.17, 15) is 4.79 Å². The molecule has 6 nitrogen and oxygen atoms in total. The summed E-state index contributed by atoms with van der Waals surface area (Å²) in [6, 6.07) is 12.6. The van der Waals surface area contributed by atoms with E-state index in [2.05, 4.69) is 5.32 Å². The van der Waals surface area contributed by atoms with E-state index in [1.54, 1.807) is 38.7 Å². The van der Waals surface area contributed by atoms with Gasteiger partial charge < -0.3 is 23.8 Å². The molecule has 1 unspecified atom stereocenters. The Bertz CT molecular complexity index is 754. The van der Waals surface area contributed by atoms with Gasteiger partial charge in [-0.05, 0) is 24.3 Å². The van der Waals surface area contributed by atoms with Gasteiger partial charge >= 0.3 is 0 Å². The molecular weight excluding hydrogens is 320 g/mol. The molecule has 1 N–H and O–H groups in total. The van der Waals surface area contributed by atoms with Gasteiger partial charge in [-0.25, -0.2) is 0 Å². The molecule has 0 saturated carbocycles. The summed E-state index contributed by atoms with van der Waals surface area (Å²) in [6.07, 6.45) is 5.67. The van der Waals surface area contributed by atoms with Crippen molar-refractivity contribution in [2.75, 3.05) is 19.5 Å². The van der Waals surface area contributed by atoms with Crippen LogP contribution in [0.4, 0.5) is 5.69 Å². The number of rotatable bonds is 7. The van der Waals surface area contributed by atoms with E-state index in [4.69, 9.17) is 13.9 Å². The van der Waals surface area contributed by atoms with Crippen LogP contribution >= 0.6 is 0 Å². The van der Waals surface area contributed by atoms with Gasteiger partial charge in [-0.2, -0.15) is 0 Å². The third-order valence-electron chi connectivity index (χ3n) is 3.87. The SMILES string of the molecule is COc1cc(NC(=O)CC(c2ccco2)n2cccc2)cc(OC)c1. The Labute approximate surface area is 146 Å². The van der Waals surface area contributed by atoms with Crippen molar-refractivity contribution in [3.8, 4) is 11.5 Å². The zero-order chi connectivity index (χ0) is 17.6. The molecule has 0 fully saturated rings. The standard InChI is InChI=1S/C19H20N2O4/c1-23-15-10-14(11-16(12-15)24-2)20-19(22)13-17(18-6-5-9-25-18)21-7-3-4-8-21/h3-12,17H,13H2,1-2H3,(H,20,22). The number of hydrogen-bond donors (Lipinski definition) is 1. The van der Waals surface area contributed by atoms with Gasteiger partial charge in [0.1, 0.15) is 17.3 Å². The number of methoxy groups -OCH3 is 2. The second-order valence-corrected chi connectivity index (χ2v) is 5.52. The van der Waals surface area contributed by atoms with Crippen LogP contribution in [0.3, 0.4) is 0 Å². The molecule has 0 spiro atoms. The van der Waals surface area contributed by atoms with Crippen LogP contribution < -0.4 is 14.8 Å². The third kappa shape index (κ3) is 4.03. The highest BCUT2D eigenvalue weighted by Gasteiger charge is 2.20. The van der Waals surface area contributed by atoms with Gasteiger partial charge in [-0.3, -0.25) is 4.79 Å². The minimum atomic E-state index is -0.211. The predicted octanol–water partition coefficient (Wildman–Crippen LogP) is 3.72. The Morgan fingerprint density at radius 2 is 1.80 bits per heavy atom. The topological polar surface area (TPSA) is 65.6 Å². The summed E-state index contributed by atoms with van der Waals surface area (Å²) in [5.74, 6) is 1.82. The van der Waals surface area contributed by atoms with E-state index >= 15 is 0 Å². The van der Waals surface area contributed by atoms with Crippen molar-refractivity contribution < 1.29 is 18.7 Å². The minimum Gasteiger partial charge on any atom is -0.497 e. The van der Waals surface area contributed by atoms with Gasteiger partial charge in [0.2, 0.25) is 5.91 Å². The van der Waals surface area contributed by atoms with Crippen LogP contribution in [0.1, 0.15) is 18.2 Å². The van der Waals surface area contributed by atoms with Crippen LogP contribution in [0.2, 0.25) is 0 Å². The first-order valence-corrected chi connectivity index (χ1v) is 7.88. The fourth-order valence-electron chi connectivity index (χ4n) is 2.66. The third-order valence-corrected chi connectivity index (χ3v) is 3.87. The number of nitrogens with one attached hydrogen (secondary N) is 1. The molecule has 2 heterocycles. The summed E-state index contributed by atoms with van der Waals surface area (Å²) in [6.45, 7) is 0. The van der Waals surface area contributed by atoms with E-state index in [1.807, 2.05) is 41.2 Å². The molecule has 0 bridgehead atoms. The number of anilines is 1. The smallest absolute Gasteiger partial charge is 0.226 e. The van der Waals surface area contributed by atoms with Crippen molar-refractivity contribution in [1.82, 2.24) is 4.57 Å². The number of furan rings is 1. The monoisotopic (exact) mass is 340 g/mol. The molecule has 3 rings (SSSR count). The molecule has 25 heavy (non-hydrogen) atoms. The molecule has 3 aromatic rings. The maximum absolute atomic E-state index is 12.6. The Morgan fingerprint density at radius 1 is 1.12 bits per heavy atom. The van der Waals surface area contributed by atoms with Crippen molar-refractivity contribution in [3.63, 3.8) is 0 Å². The Kier molecular flexibility index (Phi) is 5.09. The predicted molar refractivity (Wildman–Crippen MR) is 94.1 cm³/mol. The Balaban J connectivity index is 1.76. The summed E-state index contributed by atoms with van der Waals surface area (Å²) in [5.41, 5.74) is 0.618. The number of ether oxygens (including phenoxy) is 2. The lowest BCUT2D eigenvalue weighted by Crippen LogP contribution is -2.19. The average molecular weight is 340 g/mol. The van der Waals surface area contributed by atoms with Crippen molar-refractivity contribution in [2.24, 2.45) is 0 Å². The number of carbonyl (C=O) groups excluding carboxylic acids is 1. The number of nitrogens with zero attached hydrogens (tertiary/aromatic N) is 1. The highest BCUT2D eigenvalue weighted by Crippen LogP contribution is 2.27. The summed E-state index contributed by atoms with van der Waals surface area (Å²) in [5, 5.41) is 2.89. The first kappa shape index (κ1) is 16.7. The first-order chi connectivity index (χ1) is 12.2. The normalized spacial score (nSPS) is 11.8. The summed E-state index contributed by atoms with van der Waals surface area (Å²) in [7, 11) is 3.14. The number of benzene rings is 1. The Morgan fingerprint density at radius 3 is 2.36 bits per heavy atom. The lowest BCUT2D eigenvalue weighted by Gasteiger charge is -2.17. The molecule has 1 aromatic carbocycles. The molecule has 0 aliphatic rings. The van der Waals surface area contributed by atoms with Crippen molar-refractivity contribution >= 4 is 11.6 Å². The fourth-order valence-corrected chi connectivity index (χ4v) is 2.66. The number of aromatic nitrogens is 1. The van der Waals surface area contributed by atoms with E-state index in [-0.39, 0.29) is 18.4 Å². The molecule has 0 aliphatic heterocycles. The largest absolute Gasteiger partial charge is 0.497 e. The maximum atomic E-state index is 12.6. The maximum Gasteiger partial charge on any atom is 0.226 e. The van der Waals surface area contributed by atoms with E-state index in [1.165, 1.54) is 0 Å². The first-order valence-electron chi connectivity index (χ1n) is 7.88. The Hall–Kier alpha value is -3.15. The fraction of sp³-hybridized carbons (Fsp3) is 0.211. The molecule has 0 saturated heterocycles. The molecule has 1 atom stereocenters. The number of hydrogen-bond acceptors (Lipinski definition) is 4. The van der Waals surface area contributed by atoms with Gasteiger partial charge in [-0.1, -0.05) is 0 Å². The lowest BCUT2D eigenvalue weighted by molar-refractivity contribution is -0.116. The van der Waals surface area contributed by atoms with Crippen molar-refractivity contribution in [1.29, 1.82) is 0 Å². The molecule has 0 radical (unpaired) electrons. The highest BCUT2D eigenvalue weighted by molar-refractivity contribution is 5.91. The highest BCUT2D eigenvalue weighted by atomic mass is 16.5. The molecule has 1 amide bonds. The van der Waals surface area contributed by atoms with Gasteiger partial charge in [0, 0.05) is 36.3 Å². The van der Waals surface area contributed by atoms with Crippen LogP contribution in [0.5, 0.6) is 11.5 Å². The lowest BCUT2D eigenvalue weighted by atomic mass is 10.1.